The molecular weight excluding hydrogens is 436 g/mol. The Bertz CT molecular complexity index is 1170. The summed E-state index contributed by atoms with van der Waals surface area (Å²) < 4.78 is 17.7. The number of rotatable bonds is 7. The van der Waals surface area contributed by atoms with Crippen LogP contribution in [0.1, 0.15) is 28.8 Å². The summed E-state index contributed by atoms with van der Waals surface area (Å²) in [6.07, 6.45) is 4.86. The molecule has 0 radical (unpaired) electrons. The van der Waals surface area contributed by atoms with Crippen molar-refractivity contribution in [2.75, 3.05) is 31.9 Å². The highest BCUT2D eigenvalue weighted by molar-refractivity contribution is 6.04. The van der Waals surface area contributed by atoms with Gasteiger partial charge in [0.05, 0.1) is 11.9 Å². The molecule has 0 spiro atoms. The van der Waals surface area contributed by atoms with E-state index in [0.29, 0.717) is 42.5 Å². The van der Waals surface area contributed by atoms with E-state index in [2.05, 4.69) is 27.9 Å². The predicted octanol–water partition coefficient (Wildman–Crippen LogP) is 2.73. The highest BCUT2D eigenvalue weighted by Gasteiger charge is 2.34. The van der Waals surface area contributed by atoms with Gasteiger partial charge in [0, 0.05) is 36.9 Å². The first kappa shape index (κ1) is 22.0. The monoisotopic (exact) mass is 462 g/mol. The lowest BCUT2D eigenvalue weighted by Gasteiger charge is -2.38. The number of ether oxygens (including phenoxy) is 3. The smallest absolute Gasteiger partial charge is 0.255 e. The van der Waals surface area contributed by atoms with Crippen molar-refractivity contribution in [2.45, 2.75) is 24.8 Å². The number of amides is 2. The Hall–Kier alpha value is -3.85. The summed E-state index contributed by atoms with van der Waals surface area (Å²) in [6.45, 7) is 2.09. The molecule has 2 aromatic carbocycles. The van der Waals surface area contributed by atoms with Gasteiger partial charge in [-0.15, -0.1) is 0 Å². The van der Waals surface area contributed by atoms with Crippen LogP contribution in [-0.2, 0) is 21.5 Å². The van der Waals surface area contributed by atoms with Gasteiger partial charge in [-0.2, -0.15) is 5.10 Å². The summed E-state index contributed by atoms with van der Waals surface area (Å²) in [7, 11) is 0. The molecular formula is C25H26N4O5. The van der Waals surface area contributed by atoms with Gasteiger partial charge in [-0.05, 0) is 36.6 Å². The van der Waals surface area contributed by atoms with Crippen molar-refractivity contribution in [1.29, 1.82) is 0 Å². The highest BCUT2D eigenvalue weighted by atomic mass is 16.7. The van der Waals surface area contributed by atoms with Crippen LogP contribution in [0.5, 0.6) is 11.5 Å². The molecule has 9 nitrogen and oxygen atoms in total. The summed E-state index contributed by atoms with van der Waals surface area (Å²) in [5, 5.41) is 10.1. The summed E-state index contributed by atoms with van der Waals surface area (Å²) >= 11 is 0. The molecule has 0 unspecified atom stereocenters. The number of carbonyl (C=O) groups excluding carboxylic acids is 2. The zero-order valence-corrected chi connectivity index (χ0v) is 18.7. The molecule has 1 fully saturated rings. The number of nitrogens with one attached hydrogen (secondary N) is 2. The van der Waals surface area contributed by atoms with Crippen LogP contribution in [0.15, 0.2) is 60.9 Å². The Labute approximate surface area is 197 Å². The summed E-state index contributed by atoms with van der Waals surface area (Å²) in [6, 6.07) is 15.3. The standard InChI is InChI=1S/C25H26N4O5/c30-23(26-16-25(8-10-32-11-9-25)19-4-2-1-3-5-19)15-29-14-20(13-27-29)28-24(31)18-6-7-21-22(12-18)34-17-33-21/h1-7,12-14H,8-11,15-17H2,(H,26,30)(H,28,31). The van der Waals surface area contributed by atoms with Crippen LogP contribution in [-0.4, -0.2) is 48.1 Å². The van der Waals surface area contributed by atoms with Gasteiger partial charge < -0.3 is 24.8 Å². The number of hydrogen-bond acceptors (Lipinski definition) is 6. The minimum absolute atomic E-state index is 0.0568. The lowest BCUT2D eigenvalue weighted by atomic mass is 9.74. The zero-order valence-electron chi connectivity index (χ0n) is 18.7. The van der Waals surface area contributed by atoms with Crippen molar-refractivity contribution in [3.8, 4) is 11.5 Å². The number of aromatic nitrogens is 2. The third kappa shape index (κ3) is 4.74. The molecule has 2 aliphatic rings. The summed E-state index contributed by atoms with van der Waals surface area (Å²) in [5.74, 6) is 0.716. The van der Waals surface area contributed by atoms with Crippen LogP contribution in [0.4, 0.5) is 5.69 Å². The fourth-order valence-electron chi connectivity index (χ4n) is 4.35. The second-order valence-corrected chi connectivity index (χ2v) is 8.48. The van der Waals surface area contributed by atoms with Crippen molar-refractivity contribution >= 4 is 17.5 Å². The predicted molar refractivity (Wildman–Crippen MR) is 124 cm³/mol. The van der Waals surface area contributed by atoms with E-state index < -0.39 is 0 Å². The molecule has 1 aromatic heterocycles. The fourth-order valence-corrected chi connectivity index (χ4v) is 4.35. The normalized spacial score (nSPS) is 16.1. The van der Waals surface area contributed by atoms with Crippen LogP contribution in [0.25, 0.3) is 0 Å². The number of fused-ring (bicyclic) bond motifs is 1. The molecule has 1 saturated heterocycles. The van der Waals surface area contributed by atoms with Gasteiger partial charge in [0.1, 0.15) is 6.54 Å². The molecule has 2 aliphatic heterocycles. The second kappa shape index (κ2) is 9.56. The van der Waals surface area contributed by atoms with Gasteiger partial charge in [-0.1, -0.05) is 30.3 Å². The molecule has 5 rings (SSSR count). The maximum Gasteiger partial charge on any atom is 0.255 e. The molecule has 34 heavy (non-hydrogen) atoms. The SMILES string of the molecule is O=C(Cn1cc(NC(=O)c2ccc3c(c2)OCO3)cn1)NCC1(c2ccccc2)CCOCC1. The van der Waals surface area contributed by atoms with Gasteiger partial charge in [0.2, 0.25) is 12.7 Å². The van der Waals surface area contributed by atoms with Gasteiger partial charge in [0.15, 0.2) is 11.5 Å². The molecule has 176 valence electrons. The van der Waals surface area contributed by atoms with Crippen LogP contribution in [0.2, 0.25) is 0 Å². The van der Waals surface area contributed by atoms with Crippen LogP contribution in [0, 0.1) is 0 Å². The fraction of sp³-hybridized carbons (Fsp3) is 0.320. The molecule has 0 bridgehead atoms. The topological polar surface area (TPSA) is 104 Å². The number of hydrogen-bond donors (Lipinski definition) is 2. The molecule has 2 N–H and O–H groups in total. The third-order valence-electron chi connectivity index (χ3n) is 6.29. The molecule has 9 heteroatoms. The Kier molecular flexibility index (Phi) is 6.18. The Morgan fingerprint density at radius 2 is 1.82 bits per heavy atom. The van der Waals surface area contributed by atoms with Crippen molar-refractivity contribution in [3.63, 3.8) is 0 Å². The zero-order chi connectivity index (χ0) is 23.4. The van der Waals surface area contributed by atoms with Crippen LogP contribution >= 0.6 is 0 Å². The van der Waals surface area contributed by atoms with E-state index >= 15 is 0 Å². The van der Waals surface area contributed by atoms with Crippen LogP contribution < -0.4 is 20.1 Å². The Morgan fingerprint density at radius 3 is 2.65 bits per heavy atom. The molecule has 0 atom stereocenters. The maximum absolute atomic E-state index is 12.7. The summed E-state index contributed by atoms with van der Waals surface area (Å²) in [4.78, 5) is 25.2. The molecule has 3 aromatic rings. The number of carbonyl (C=O) groups is 2. The lowest BCUT2D eigenvalue weighted by Crippen LogP contribution is -2.45. The average Bonchev–Trinajstić information content (AvgIpc) is 3.52. The van der Waals surface area contributed by atoms with Gasteiger partial charge in [-0.3, -0.25) is 14.3 Å². The molecule has 2 amide bonds. The van der Waals surface area contributed by atoms with Gasteiger partial charge >= 0.3 is 0 Å². The third-order valence-corrected chi connectivity index (χ3v) is 6.29. The quantitative estimate of drug-likeness (QED) is 0.560. The maximum atomic E-state index is 12.7. The van der Waals surface area contributed by atoms with E-state index in [1.54, 1.807) is 24.4 Å². The van der Waals surface area contributed by atoms with E-state index in [0.717, 1.165) is 12.8 Å². The van der Waals surface area contributed by atoms with E-state index in [1.165, 1.54) is 16.4 Å². The first-order valence-electron chi connectivity index (χ1n) is 11.2. The highest BCUT2D eigenvalue weighted by Crippen LogP contribution is 2.34. The minimum atomic E-state index is -0.299. The second-order valence-electron chi connectivity index (χ2n) is 8.48. The number of anilines is 1. The molecule has 0 saturated carbocycles. The lowest BCUT2D eigenvalue weighted by molar-refractivity contribution is -0.122. The molecule has 0 aliphatic carbocycles. The average molecular weight is 463 g/mol. The van der Waals surface area contributed by atoms with E-state index in [4.69, 9.17) is 14.2 Å². The van der Waals surface area contributed by atoms with E-state index in [1.807, 2.05) is 18.2 Å². The Balaban J connectivity index is 1.17. The van der Waals surface area contributed by atoms with Gasteiger partial charge in [0.25, 0.3) is 5.91 Å². The molecule has 3 heterocycles. The largest absolute Gasteiger partial charge is 0.454 e. The number of nitrogens with zero attached hydrogens (tertiary/aromatic N) is 2. The van der Waals surface area contributed by atoms with E-state index in [9.17, 15) is 9.59 Å². The van der Waals surface area contributed by atoms with E-state index in [-0.39, 0.29) is 30.6 Å². The van der Waals surface area contributed by atoms with Crippen molar-refractivity contribution in [3.05, 3.63) is 72.1 Å². The first-order valence-corrected chi connectivity index (χ1v) is 11.2. The van der Waals surface area contributed by atoms with Gasteiger partial charge in [-0.25, -0.2) is 0 Å². The van der Waals surface area contributed by atoms with Crippen molar-refractivity contribution in [1.82, 2.24) is 15.1 Å². The Morgan fingerprint density at radius 1 is 1.03 bits per heavy atom. The van der Waals surface area contributed by atoms with Crippen LogP contribution in [0.3, 0.4) is 0 Å². The number of benzene rings is 2. The summed E-state index contributed by atoms with van der Waals surface area (Å²) in [5.41, 5.74) is 2.02. The van der Waals surface area contributed by atoms with Crippen molar-refractivity contribution in [2.24, 2.45) is 0 Å². The first-order chi connectivity index (χ1) is 16.6. The van der Waals surface area contributed by atoms with Crippen molar-refractivity contribution < 1.29 is 23.8 Å². The minimum Gasteiger partial charge on any atom is -0.454 e.